The van der Waals surface area contributed by atoms with Crippen molar-refractivity contribution in [3.8, 4) is 11.5 Å². The highest BCUT2D eigenvalue weighted by Gasteiger charge is 2.19. The Morgan fingerprint density at radius 2 is 1.92 bits per heavy atom. The van der Waals surface area contributed by atoms with E-state index in [2.05, 4.69) is 30.8 Å². The van der Waals surface area contributed by atoms with Crippen LogP contribution in [0.15, 0.2) is 68.7 Å². The van der Waals surface area contributed by atoms with E-state index in [4.69, 9.17) is 4.42 Å². The Morgan fingerprint density at radius 3 is 2.60 bits per heavy atom. The Labute approximate surface area is 152 Å². The number of rotatable bonds is 5. The van der Waals surface area contributed by atoms with Crippen molar-refractivity contribution in [2.24, 2.45) is 0 Å². The van der Waals surface area contributed by atoms with E-state index >= 15 is 0 Å². The van der Waals surface area contributed by atoms with Crippen molar-refractivity contribution in [3.63, 3.8) is 0 Å². The molecule has 0 aliphatic heterocycles. The number of benzene rings is 2. The van der Waals surface area contributed by atoms with E-state index in [0.29, 0.717) is 11.1 Å². The highest BCUT2D eigenvalue weighted by atomic mass is 79.9. The first-order chi connectivity index (χ1) is 11.9. The first kappa shape index (κ1) is 17.3. The Hall–Kier alpha value is -2.52. The molecule has 7 nitrogen and oxygen atoms in total. The number of hydrogen-bond donors (Lipinski definition) is 1. The van der Waals surface area contributed by atoms with E-state index in [-0.39, 0.29) is 17.2 Å². The maximum absolute atomic E-state index is 12.4. The van der Waals surface area contributed by atoms with Crippen LogP contribution >= 0.6 is 15.9 Å². The van der Waals surface area contributed by atoms with Gasteiger partial charge in [0.05, 0.1) is 11.3 Å². The number of hydrogen-bond acceptors (Lipinski definition) is 6. The highest BCUT2D eigenvalue weighted by Crippen LogP contribution is 2.20. The van der Waals surface area contributed by atoms with Crippen LogP contribution < -0.4 is 4.72 Å². The molecule has 3 aromatic rings. The molecule has 0 radical (unpaired) electrons. The summed E-state index contributed by atoms with van der Waals surface area (Å²) in [6, 6.07) is 13.0. The fraction of sp³-hybridized carbons (Fsp3) is 0.0625. The zero-order chi connectivity index (χ0) is 17.9. The van der Waals surface area contributed by atoms with Gasteiger partial charge in [-0.3, -0.25) is 4.79 Å². The second kappa shape index (κ2) is 7.16. The number of nitrogens with zero attached hydrogens (tertiary/aromatic N) is 2. The van der Waals surface area contributed by atoms with Gasteiger partial charge in [-0.1, -0.05) is 34.1 Å². The van der Waals surface area contributed by atoms with E-state index in [1.54, 1.807) is 30.3 Å². The van der Waals surface area contributed by atoms with E-state index in [1.165, 1.54) is 18.2 Å². The summed E-state index contributed by atoms with van der Waals surface area (Å²) in [5.41, 5.74) is 1.15. The van der Waals surface area contributed by atoms with Crippen LogP contribution in [-0.2, 0) is 21.2 Å². The number of carbonyl (C=O) groups is 1. The van der Waals surface area contributed by atoms with Crippen LogP contribution in [0.2, 0.25) is 0 Å². The molecule has 0 saturated carbocycles. The van der Waals surface area contributed by atoms with Crippen molar-refractivity contribution in [1.29, 1.82) is 0 Å². The quantitative estimate of drug-likeness (QED) is 0.678. The van der Waals surface area contributed by atoms with Gasteiger partial charge in [0, 0.05) is 10.0 Å². The molecule has 3 rings (SSSR count). The predicted octanol–water partition coefficient (Wildman–Crippen LogP) is 2.55. The summed E-state index contributed by atoms with van der Waals surface area (Å²) in [7, 11) is -4.00. The molecule has 2 aromatic carbocycles. The van der Waals surface area contributed by atoms with Crippen LogP contribution in [0.3, 0.4) is 0 Å². The maximum Gasteiger partial charge on any atom is 0.264 e. The molecule has 1 heterocycles. The largest absolute Gasteiger partial charge is 0.423 e. The predicted molar refractivity (Wildman–Crippen MR) is 92.9 cm³/mol. The molecule has 0 fully saturated rings. The Balaban J connectivity index is 1.76. The third-order valence-corrected chi connectivity index (χ3v) is 5.18. The Bertz CT molecular complexity index is 986. The lowest BCUT2D eigenvalue weighted by atomic mass is 10.1. The molecule has 0 bridgehead atoms. The van der Waals surface area contributed by atoms with Crippen LogP contribution in [0.1, 0.15) is 5.56 Å². The van der Waals surface area contributed by atoms with Gasteiger partial charge in [-0.25, -0.2) is 13.1 Å². The molecule has 1 aromatic heterocycles. The summed E-state index contributed by atoms with van der Waals surface area (Å²) in [5, 5.41) is 7.28. The van der Waals surface area contributed by atoms with Gasteiger partial charge >= 0.3 is 0 Å². The van der Waals surface area contributed by atoms with Crippen LogP contribution in [0.25, 0.3) is 11.5 Å². The summed E-state index contributed by atoms with van der Waals surface area (Å²) in [6.45, 7) is 0. The molecule has 0 unspecified atom stereocenters. The van der Waals surface area contributed by atoms with Crippen molar-refractivity contribution < 1.29 is 17.6 Å². The van der Waals surface area contributed by atoms with Crippen molar-refractivity contribution in [1.82, 2.24) is 14.9 Å². The van der Waals surface area contributed by atoms with Gasteiger partial charge in [-0.05, 0) is 35.9 Å². The molecule has 0 aliphatic rings. The molecule has 25 heavy (non-hydrogen) atoms. The van der Waals surface area contributed by atoms with Crippen molar-refractivity contribution in [2.45, 2.75) is 11.3 Å². The molecule has 0 atom stereocenters. The molecule has 0 aliphatic carbocycles. The van der Waals surface area contributed by atoms with Gasteiger partial charge in [0.1, 0.15) is 0 Å². The topological polar surface area (TPSA) is 102 Å². The minimum absolute atomic E-state index is 0.0458. The van der Waals surface area contributed by atoms with Crippen molar-refractivity contribution in [3.05, 3.63) is 65.0 Å². The first-order valence-corrected chi connectivity index (χ1v) is 9.38. The molecule has 0 saturated heterocycles. The zero-order valence-corrected chi connectivity index (χ0v) is 15.1. The van der Waals surface area contributed by atoms with E-state index in [1.807, 2.05) is 0 Å². The number of sulfonamides is 1. The fourth-order valence-corrected chi connectivity index (χ4v) is 3.42. The third kappa shape index (κ3) is 4.31. The average Bonchev–Trinajstić information content (AvgIpc) is 3.11. The summed E-state index contributed by atoms with van der Waals surface area (Å²) in [6.07, 6.45) is 1.10. The third-order valence-electron chi connectivity index (χ3n) is 3.28. The number of halogens is 1. The number of carbonyl (C=O) groups excluding carboxylic acids is 1. The van der Waals surface area contributed by atoms with Crippen molar-refractivity contribution >= 4 is 31.9 Å². The number of nitrogens with one attached hydrogen (secondary N) is 1. The number of aromatic nitrogens is 2. The number of amides is 1. The SMILES string of the molecule is O=C(Cc1ccc(Br)cc1)NS(=O)(=O)c1cccc(-c2nnco2)c1. The van der Waals surface area contributed by atoms with Crippen LogP contribution in [0.4, 0.5) is 0 Å². The minimum atomic E-state index is -4.00. The Morgan fingerprint density at radius 1 is 1.16 bits per heavy atom. The zero-order valence-electron chi connectivity index (χ0n) is 12.7. The molecule has 9 heteroatoms. The van der Waals surface area contributed by atoms with Gasteiger partial charge in [0.25, 0.3) is 10.0 Å². The van der Waals surface area contributed by atoms with Crippen LogP contribution in [-0.4, -0.2) is 24.5 Å². The highest BCUT2D eigenvalue weighted by molar-refractivity contribution is 9.10. The lowest BCUT2D eigenvalue weighted by Crippen LogP contribution is -2.31. The molecule has 1 N–H and O–H groups in total. The summed E-state index contributed by atoms with van der Waals surface area (Å²) >= 11 is 3.30. The van der Waals surface area contributed by atoms with E-state index in [9.17, 15) is 13.2 Å². The molecule has 0 spiro atoms. The average molecular weight is 422 g/mol. The van der Waals surface area contributed by atoms with Gasteiger partial charge in [-0.15, -0.1) is 10.2 Å². The summed E-state index contributed by atoms with van der Waals surface area (Å²) < 4.78 is 32.8. The molecule has 128 valence electrons. The molecule has 1 amide bonds. The second-order valence-corrected chi connectivity index (χ2v) is 7.70. The van der Waals surface area contributed by atoms with Gasteiger partial charge in [-0.2, -0.15) is 0 Å². The second-order valence-electron chi connectivity index (χ2n) is 5.10. The van der Waals surface area contributed by atoms with E-state index < -0.39 is 15.9 Å². The van der Waals surface area contributed by atoms with Gasteiger partial charge < -0.3 is 4.42 Å². The van der Waals surface area contributed by atoms with Crippen LogP contribution in [0, 0.1) is 0 Å². The van der Waals surface area contributed by atoms with Gasteiger partial charge in [0.15, 0.2) is 0 Å². The Kier molecular flexibility index (Phi) is 4.95. The summed E-state index contributed by atoms with van der Waals surface area (Å²) in [5.74, 6) is -0.427. The van der Waals surface area contributed by atoms with Crippen molar-refractivity contribution in [2.75, 3.05) is 0 Å². The monoisotopic (exact) mass is 421 g/mol. The van der Waals surface area contributed by atoms with E-state index in [0.717, 1.165) is 10.9 Å². The normalized spacial score (nSPS) is 11.2. The molecular formula is C16H12BrN3O4S. The van der Waals surface area contributed by atoms with Crippen LogP contribution in [0.5, 0.6) is 0 Å². The minimum Gasteiger partial charge on any atom is -0.423 e. The standard InChI is InChI=1S/C16H12BrN3O4S/c17-13-6-4-11(5-7-13)8-15(21)20-25(22,23)14-3-1-2-12(9-14)16-19-18-10-24-16/h1-7,9-10H,8H2,(H,20,21). The molecular weight excluding hydrogens is 410 g/mol. The fourth-order valence-electron chi connectivity index (χ4n) is 2.13. The lowest BCUT2D eigenvalue weighted by Gasteiger charge is -2.08. The van der Waals surface area contributed by atoms with Gasteiger partial charge in [0.2, 0.25) is 18.2 Å². The smallest absolute Gasteiger partial charge is 0.264 e. The maximum atomic E-state index is 12.4. The first-order valence-electron chi connectivity index (χ1n) is 7.11. The summed E-state index contributed by atoms with van der Waals surface area (Å²) in [4.78, 5) is 12.0. The lowest BCUT2D eigenvalue weighted by molar-refractivity contribution is -0.118.